The Bertz CT molecular complexity index is 154. The number of hydrogen-bond acceptors (Lipinski definition) is 2. The van der Waals surface area contributed by atoms with Crippen LogP contribution in [0.3, 0.4) is 0 Å². The van der Waals surface area contributed by atoms with Crippen LogP contribution < -0.4 is 0 Å². The largest absolute Gasteiger partial charge is 0.481 e. The molecule has 0 amide bonds. The van der Waals surface area contributed by atoms with E-state index in [9.17, 15) is 9.90 Å². The van der Waals surface area contributed by atoms with Gasteiger partial charge in [0.15, 0.2) is 0 Å². The summed E-state index contributed by atoms with van der Waals surface area (Å²) < 4.78 is 0. The summed E-state index contributed by atoms with van der Waals surface area (Å²) in [5.74, 6) is -0.932. The van der Waals surface area contributed by atoms with Crippen molar-refractivity contribution >= 4 is 5.97 Å². The van der Waals surface area contributed by atoms with E-state index in [-0.39, 0.29) is 6.42 Å². The van der Waals surface area contributed by atoms with E-state index < -0.39 is 12.1 Å². The maximum absolute atomic E-state index is 10.2. The van der Waals surface area contributed by atoms with Gasteiger partial charge in [-0.2, -0.15) is 0 Å². The first-order chi connectivity index (χ1) is 6.16. The van der Waals surface area contributed by atoms with Gasteiger partial charge in [-0.05, 0) is 19.3 Å². The molecule has 13 heavy (non-hydrogen) atoms. The van der Waals surface area contributed by atoms with Crippen molar-refractivity contribution in [3.05, 3.63) is 12.7 Å². The first-order valence-electron chi connectivity index (χ1n) is 4.67. The summed E-state index contributed by atoms with van der Waals surface area (Å²) in [6.45, 7) is 3.61. The number of allylic oxidation sites excluding steroid dienone is 1. The molecular formula is C10H18O3. The zero-order valence-electron chi connectivity index (χ0n) is 7.91. The van der Waals surface area contributed by atoms with E-state index >= 15 is 0 Å². The van der Waals surface area contributed by atoms with Crippen LogP contribution in [0.4, 0.5) is 0 Å². The van der Waals surface area contributed by atoms with Crippen LogP contribution in [0.2, 0.25) is 0 Å². The molecule has 3 heteroatoms. The summed E-state index contributed by atoms with van der Waals surface area (Å²) in [7, 11) is 0. The van der Waals surface area contributed by atoms with Gasteiger partial charge < -0.3 is 10.2 Å². The molecule has 0 heterocycles. The van der Waals surface area contributed by atoms with Crippen molar-refractivity contribution in [1.29, 1.82) is 0 Å². The minimum atomic E-state index is -0.932. The van der Waals surface area contributed by atoms with Crippen LogP contribution in [0.5, 0.6) is 0 Å². The number of carbonyl (C=O) groups is 1. The first-order valence-corrected chi connectivity index (χ1v) is 4.67. The van der Waals surface area contributed by atoms with Crippen molar-refractivity contribution in [2.75, 3.05) is 0 Å². The number of rotatable bonds is 8. The van der Waals surface area contributed by atoms with E-state index in [0.29, 0.717) is 6.42 Å². The average molecular weight is 186 g/mol. The summed E-state index contributed by atoms with van der Waals surface area (Å²) in [5, 5.41) is 17.5. The van der Waals surface area contributed by atoms with Crippen LogP contribution in [0.25, 0.3) is 0 Å². The van der Waals surface area contributed by atoms with Crippen LogP contribution in [-0.4, -0.2) is 22.3 Å². The lowest BCUT2D eigenvalue weighted by Gasteiger charge is -2.06. The van der Waals surface area contributed by atoms with Gasteiger partial charge in [0.05, 0.1) is 12.5 Å². The molecule has 1 atom stereocenters. The molecular weight excluding hydrogens is 168 g/mol. The lowest BCUT2D eigenvalue weighted by molar-refractivity contribution is -0.139. The second-order valence-corrected chi connectivity index (χ2v) is 3.18. The fourth-order valence-corrected chi connectivity index (χ4v) is 1.15. The van der Waals surface area contributed by atoms with Gasteiger partial charge >= 0.3 is 5.97 Å². The standard InChI is InChI=1S/C10H18O3/c1-2-3-4-5-6-7-9(11)8-10(12)13/h2,9,11H,1,3-8H2,(H,12,13)/t9-/m1/s1. The van der Waals surface area contributed by atoms with E-state index in [1.165, 1.54) is 0 Å². The van der Waals surface area contributed by atoms with E-state index in [1.807, 2.05) is 6.08 Å². The Balaban J connectivity index is 3.21. The number of carboxylic acid groups (broad SMARTS) is 1. The predicted molar refractivity (Wildman–Crippen MR) is 51.5 cm³/mol. The second-order valence-electron chi connectivity index (χ2n) is 3.18. The van der Waals surface area contributed by atoms with Crippen LogP contribution in [0, 0.1) is 0 Å². The molecule has 0 spiro atoms. The maximum Gasteiger partial charge on any atom is 0.305 e. The summed E-state index contributed by atoms with van der Waals surface area (Å²) in [4.78, 5) is 10.2. The zero-order valence-corrected chi connectivity index (χ0v) is 7.91. The third kappa shape index (κ3) is 9.08. The van der Waals surface area contributed by atoms with Gasteiger partial charge in [0.2, 0.25) is 0 Å². The molecule has 0 aliphatic heterocycles. The van der Waals surface area contributed by atoms with Crippen molar-refractivity contribution in [3.8, 4) is 0 Å². The van der Waals surface area contributed by atoms with Crippen LogP contribution in [0.15, 0.2) is 12.7 Å². The minimum Gasteiger partial charge on any atom is -0.481 e. The summed E-state index contributed by atoms with van der Waals surface area (Å²) in [6.07, 6.45) is 5.63. The normalized spacial score (nSPS) is 12.4. The number of hydrogen-bond donors (Lipinski definition) is 2. The fraction of sp³-hybridized carbons (Fsp3) is 0.700. The molecule has 0 aliphatic carbocycles. The number of carboxylic acids is 1. The quantitative estimate of drug-likeness (QED) is 0.450. The molecule has 0 aliphatic rings. The molecule has 0 fully saturated rings. The lowest BCUT2D eigenvalue weighted by atomic mass is 10.1. The molecule has 2 N–H and O–H groups in total. The third-order valence-electron chi connectivity index (χ3n) is 1.86. The highest BCUT2D eigenvalue weighted by atomic mass is 16.4. The Hall–Kier alpha value is -0.830. The Morgan fingerprint density at radius 3 is 2.62 bits per heavy atom. The molecule has 0 saturated carbocycles. The highest BCUT2D eigenvalue weighted by Gasteiger charge is 2.07. The van der Waals surface area contributed by atoms with Gasteiger partial charge in [-0.15, -0.1) is 6.58 Å². The van der Waals surface area contributed by atoms with Crippen molar-refractivity contribution in [3.63, 3.8) is 0 Å². The van der Waals surface area contributed by atoms with Gasteiger partial charge in [-0.25, -0.2) is 0 Å². The summed E-state index contributed by atoms with van der Waals surface area (Å²) in [5.41, 5.74) is 0. The Morgan fingerprint density at radius 1 is 1.38 bits per heavy atom. The minimum absolute atomic E-state index is 0.137. The summed E-state index contributed by atoms with van der Waals surface area (Å²) in [6, 6.07) is 0. The van der Waals surface area contributed by atoms with Crippen LogP contribution in [0.1, 0.15) is 38.5 Å². The van der Waals surface area contributed by atoms with Crippen molar-refractivity contribution in [2.24, 2.45) is 0 Å². The number of unbranched alkanes of at least 4 members (excludes halogenated alkanes) is 3. The summed E-state index contributed by atoms with van der Waals surface area (Å²) >= 11 is 0. The number of aliphatic carboxylic acids is 1. The van der Waals surface area contributed by atoms with Gasteiger partial charge in [-0.1, -0.05) is 18.9 Å². The Kier molecular flexibility index (Phi) is 7.30. The number of aliphatic hydroxyl groups excluding tert-OH is 1. The predicted octanol–water partition coefficient (Wildman–Crippen LogP) is 1.96. The molecule has 0 radical (unpaired) electrons. The molecule has 76 valence electrons. The van der Waals surface area contributed by atoms with E-state index in [4.69, 9.17) is 5.11 Å². The maximum atomic E-state index is 10.2. The first kappa shape index (κ1) is 12.2. The van der Waals surface area contributed by atoms with Crippen molar-refractivity contribution in [2.45, 2.75) is 44.6 Å². The Labute approximate surface area is 79.1 Å². The molecule has 3 nitrogen and oxygen atoms in total. The highest BCUT2D eigenvalue weighted by molar-refractivity contribution is 5.67. The van der Waals surface area contributed by atoms with E-state index in [0.717, 1.165) is 25.7 Å². The lowest BCUT2D eigenvalue weighted by Crippen LogP contribution is -2.12. The topological polar surface area (TPSA) is 57.5 Å². The van der Waals surface area contributed by atoms with E-state index in [2.05, 4.69) is 6.58 Å². The van der Waals surface area contributed by atoms with Crippen LogP contribution in [-0.2, 0) is 4.79 Å². The molecule has 0 rings (SSSR count). The fourth-order valence-electron chi connectivity index (χ4n) is 1.15. The van der Waals surface area contributed by atoms with Gasteiger partial charge in [0, 0.05) is 0 Å². The van der Waals surface area contributed by atoms with Crippen molar-refractivity contribution < 1.29 is 15.0 Å². The SMILES string of the molecule is C=CCCCCC[C@@H](O)CC(=O)O. The second kappa shape index (κ2) is 7.80. The van der Waals surface area contributed by atoms with E-state index in [1.54, 1.807) is 0 Å². The Morgan fingerprint density at radius 2 is 2.08 bits per heavy atom. The van der Waals surface area contributed by atoms with Gasteiger partial charge in [-0.3, -0.25) is 4.79 Å². The van der Waals surface area contributed by atoms with Crippen LogP contribution >= 0.6 is 0 Å². The zero-order chi connectivity index (χ0) is 10.1. The third-order valence-corrected chi connectivity index (χ3v) is 1.86. The molecule has 0 aromatic heterocycles. The monoisotopic (exact) mass is 186 g/mol. The average Bonchev–Trinajstić information content (AvgIpc) is 2.02. The smallest absolute Gasteiger partial charge is 0.305 e. The van der Waals surface area contributed by atoms with Gasteiger partial charge in [0.25, 0.3) is 0 Å². The molecule has 0 aromatic carbocycles. The molecule has 0 unspecified atom stereocenters. The highest BCUT2D eigenvalue weighted by Crippen LogP contribution is 2.07. The van der Waals surface area contributed by atoms with Crippen molar-refractivity contribution in [1.82, 2.24) is 0 Å². The molecule has 0 saturated heterocycles. The molecule has 0 aromatic rings. The van der Waals surface area contributed by atoms with Gasteiger partial charge in [0.1, 0.15) is 0 Å². The number of aliphatic hydroxyl groups is 1. The molecule has 0 bridgehead atoms.